The second-order valence-corrected chi connectivity index (χ2v) is 10.8. The lowest BCUT2D eigenvalue weighted by atomic mass is 10.2. The maximum Gasteiger partial charge on any atom is 0.251 e. The van der Waals surface area contributed by atoms with Gasteiger partial charge in [-0.3, -0.25) is 9.59 Å². The Hall–Kier alpha value is -1.98. The van der Waals surface area contributed by atoms with Crippen LogP contribution in [0.4, 0.5) is 0 Å². The molecule has 2 rings (SSSR count). The van der Waals surface area contributed by atoms with Crippen LogP contribution in [0.25, 0.3) is 0 Å². The third-order valence-corrected chi connectivity index (χ3v) is 8.20. The molecule has 0 unspecified atom stereocenters. The normalized spacial score (nSPS) is 16.0. The lowest BCUT2D eigenvalue weighted by Gasteiger charge is -2.33. The van der Waals surface area contributed by atoms with Crippen molar-refractivity contribution in [2.45, 2.75) is 18.7 Å². The molecule has 28 heavy (non-hydrogen) atoms. The first-order valence-corrected chi connectivity index (χ1v) is 12.2. The lowest BCUT2D eigenvalue weighted by molar-refractivity contribution is -0.129. The standard InChI is InChI=1S/C17H25N3O6S2/c1-3-27(23,24)13-8-18-17(22)15-4-6-16(7-5-15)28(25,26)20-11-9-19(10-12-20)14(2)21/h4-7H,3,8-13H2,1-2H3,(H,18,22). The SMILES string of the molecule is CCS(=O)(=O)CCNC(=O)c1ccc(S(=O)(=O)N2CCN(C(C)=O)CC2)cc1. The molecule has 0 aliphatic carbocycles. The van der Waals surface area contributed by atoms with E-state index in [9.17, 15) is 26.4 Å². The van der Waals surface area contributed by atoms with E-state index in [1.54, 1.807) is 4.90 Å². The third-order valence-electron chi connectivity index (χ3n) is 4.58. The molecule has 0 aromatic heterocycles. The van der Waals surface area contributed by atoms with Crippen molar-refractivity contribution in [1.29, 1.82) is 0 Å². The highest BCUT2D eigenvalue weighted by Gasteiger charge is 2.29. The fourth-order valence-corrected chi connectivity index (χ4v) is 4.86. The summed E-state index contributed by atoms with van der Waals surface area (Å²) in [5, 5.41) is 2.51. The number of piperazine rings is 1. The Bertz CT molecular complexity index is 918. The Balaban J connectivity index is 1.99. The number of amides is 2. The molecule has 1 fully saturated rings. The van der Waals surface area contributed by atoms with Gasteiger partial charge in [0, 0.05) is 51.0 Å². The van der Waals surface area contributed by atoms with Crippen molar-refractivity contribution in [3.05, 3.63) is 29.8 Å². The Morgan fingerprint density at radius 2 is 1.57 bits per heavy atom. The monoisotopic (exact) mass is 431 g/mol. The number of hydrogen-bond acceptors (Lipinski definition) is 6. The van der Waals surface area contributed by atoms with Crippen LogP contribution >= 0.6 is 0 Å². The van der Waals surface area contributed by atoms with Gasteiger partial charge in [-0.1, -0.05) is 6.92 Å². The van der Waals surface area contributed by atoms with E-state index >= 15 is 0 Å². The topological polar surface area (TPSA) is 121 Å². The Kier molecular flexibility index (Phi) is 7.18. The summed E-state index contributed by atoms with van der Waals surface area (Å²) in [5.41, 5.74) is 0.245. The molecule has 0 radical (unpaired) electrons. The highest BCUT2D eigenvalue weighted by molar-refractivity contribution is 7.91. The van der Waals surface area contributed by atoms with Gasteiger partial charge in [0.1, 0.15) is 0 Å². The first kappa shape index (κ1) is 22.3. The van der Waals surface area contributed by atoms with Gasteiger partial charge in [-0.05, 0) is 24.3 Å². The molecule has 9 nitrogen and oxygen atoms in total. The molecular formula is C17H25N3O6S2. The molecule has 1 saturated heterocycles. The van der Waals surface area contributed by atoms with Crippen LogP contribution in [0.15, 0.2) is 29.2 Å². The summed E-state index contributed by atoms with van der Waals surface area (Å²) in [7, 11) is -6.88. The zero-order valence-electron chi connectivity index (χ0n) is 15.9. The van der Waals surface area contributed by atoms with Gasteiger partial charge in [0.2, 0.25) is 15.9 Å². The maximum atomic E-state index is 12.7. The van der Waals surface area contributed by atoms with Crippen molar-refractivity contribution in [3.8, 4) is 0 Å². The zero-order valence-corrected chi connectivity index (χ0v) is 17.6. The lowest BCUT2D eigenvalue weighted by Crippen LogP contribution is -2.49. The molecule has 0 atom stereocenters. The summed E-state index contributed by atoms with van der Waals surface area (Å²) in [6.45, 7) is 4.11. The summed E-state index contributed by atoms with van der Waals surface area (Å²) < 4.78 is 49.6. The van der Waals surface area contributed by atoms with Gasteiger partial charge in [0.25, 0.3) is 5.91 Å². The first-order valence-electron chi connectivity index (χ1n) is 8.91. The number of benzene rings is 1. The van der Waals surface area contributed by atoms with Crippen molar-refractivity contribution in [2.75, 3.05) is 44.2 Å². The molecule has 2 amide bonds. The summed E-state index contributed by atoms with van der Waals surface area (Å²) in [4.78, 5) is 25.1. The van der Waals surface area contributed by atoms with Gasteiger partial charge in [-0.25, -0.2) is 16.8 Å². The van der Waals surface area contributed by atoms with Crippen molar-refractivity contribution < 1.29 is 26.4 Å². The number of sulfone groups is 1. The Labute approximate surface area is 165 Å². The average molecular weight is 432 g/mol. The van der Waals surface area contributed by atoms with E-state index in [-0.39, 0.29) is 47.5 Å². The van der Waals surface area contributed by atoms with Crippen LogP contribution in [0, 0.1) is 0 Å². The fraction of sp³-hybridized carbons (Fsp3) is 0.529. The second kappa shape index (κ2) is 9.01. The molecular weight excluding hydrogens is 406 g/mol. The van der Waals surface area contributed by atoms with Gasteiger partial charge in [-0.15, -0.1) is 0 Å². The summed E-state index contributed by atoms with van der Waals surface area (Å²) in [5.74, 6) is -0.686. The molecule has 156 valence electrons. The number of nitrogens with zero attached hydrogens (tertiary/aromatic N) is 2. The van der Waals surface area contributed by atoms with Crippen molar-refractivity contribution in [2.24, 2.45) is 0 Å². The number of carbonyl (C=O) groups is 2. The van der Waals surface area contributed by atoms with Crippen LogP contribution in [-0.4, -0.2) is 82.1 Å². The molecule has 11 heteroatoms. The van der Waals surface area contributed by atoms with Crippen molar-refractivity contribution in [1.82, 2.24) is 14.5 Å². The maximum absolute atomic E-state index is 12.7. The summed E-state index contributed by atoms with van der Waals surface area (Å²) in [6, 6.07) is 5.49. The van der Waals surface area contributed by atoms with Gasteiger partial charge in [-0.2, -0.15) is 4.31 Å². The van der Waals surface area contributed by atoms with Crippen LogP contribution in [0.3, 0.4) is 0 Å². The van der Waals surface area contributed by atoms with Crippen LogP contribution in [0.5, 0.6) is 0 Å². The minimum atomic E-state index is -3.71. The molecule has 0 saturated carbocycles. The summed E-state index contributed by atoms with van der Waals surface area (Å²) >= 11 is 0. The van der Waals surface area contributed by atoms with E-state index in [1.807, 2.05) is 0 Å². The van der Waals surface area contributed by atoms with Crippen LogP contribution in [0.1, 0.15) is 24.2 Å². The van der Waals surface area contributed by atoms with Gasteiger partial charge >= 0.3 is 0 Å². The van der Waals surface area contributed by atoms with E-state index in [1.165, 1.54) is 42.4 Å². The molecule has 1 aromatic rings. The van der Waals surface area contributed by atoms with Crippen LogP contribution in [0.2, 0.25) is 0 Å². The quantitative estimate of drug-likeness (QED) is 0.633. The molecule has 1 aromatic carbocycles. The average Bonchev–Trinajstić information content (AvgIpc) is 2.68. The van der Waals surface area contributed by atoms with Crippen LogP contribution < -0.4 is 5.32 Å². The van der Waals surface area contributed by atoms with Gasteiger partial charge in [0.15, 0.2) is 9.84 Å². The predicted octanol–water partition coefficient (Wildman–Crippen LogP) is -0.296. The number of rotatable bonds is 7. The highest BCUT2D eigenvalue weighted by Crippen LogP contribution is 2.18. The van der Waals surface area contributed by atoms with E-state index in [2.05, 4.69) is 5.32 Å². The fourth-order valence-electron chi connectivity index (χ4n) is 2.74. The van der Waals surface area contributed by atoms with Crippen LogP contribution in [-0.2, 0) is 24.7 Å². The molecule has 1 N–H and O–H groups in total. The molecule has 1 heterocycles. The van der Waals surface area contributed by atoms with Crippen molar-refractivity contribution in [3.63, 3.8) is 0 Å². The first-order chi connectivity index (χ1) is 13.1. The van der Waals surface area contributed by atoms with Gasteiger partial charge in [0.05, 0.1) is 10.6 Å². The minimum absolute atomic E-state index is 0.00448. The Morgan fingerprint density at radius 1 is 1.00 bits per heavy atom. The molecule has 1 aliphatic heterocycles. The Morgan fingerprint density at radius 3 is 2.07 bits per heavy atom. The third kappa shape index (κ3) is 5.52. The van der Waals surface area contributed by atoms with Crippen molar-refractivity contribution >= 4 is 31.7 Å². The number of hydrogen-bond donors (Lipinski definition) is 1. The summed E-state index contributed by atoms with van der Waals surface area (Å²) in [6.07, 6.45) is 0. The number of sulfonamides is 1. The zero-order chi connectivity index (χ0) is 20.9. The predicted molar refractivity (Wildman–Crippen MR) is 104 cm³/mol. The van der Waals surface area contributed by atoms with E-state index in [4.69, 9.17) is 0 Å². The van der Waals surface area contributed by atoms with Gasteiger partial charge < -0.3 is 10.2 Å². The smallest absolute Gasteiger partial charge is 0.251 e. The largest absolute Gasteiger partial charge is 0.351 e. The number of nitrogens with one attached hydrogen (secondary N) is 1. The minimum Gasteiger partial charge on any atom is -0.351 e. The highest BCUT2D eigenvalue weighted by atomic mass is 32.2. The molecule has 0 spiro atoms. The van der Waals surface area contributed by atoms with E-state index in [0.717, 1.165) is 0 Å². The molecule has 1 aliphatic rings. The second-order valence-electron chi connectivity index (χ2n) is 6.43. The molecule has 0 bridgehead atoms. The van der Waals surface area contributed by atoms with E-state index < -0.39 is 25.8 Å². The number of carbonyl (C=O) groups excluding carboxylic acids is 2. The van der Waals surface area contributed by atoms with E-state index in [0.29, 0.717) is 13.1 Å².